The Hall–Kier alpha value is -1.42. The van der Waals surface area contributed by atoms with E-state index >= 15 is 0 Å². The lowest BCUT2D eigenvalue weighted by Gasteiger charge is -1.98. The molecular formula is C8H7ClN4. The van der Waals surface area contributed by atoms with Crippen molar-refractivity contribution in [3.63, 3.8) is 0 Å². The molecule has 2 rings (SSSR count). The fraction of sp³-hybridized carbons (Fsp3) is 0.125. The van der Waals surface area contributed by atoms with E-state index in [9.17, 15) is 0 Å². The van der Waals surface area contributed by atoms with Crippen LogP contribution in [0.3, 0.4) is 0 Å². The van der Waals surface area contributed by atoms with E-state index in [0.29, 0.717) is 0 Å². The minimum Gasteiger partial charge on any atom is -0.238 e. The van der Waals surface area contributed by atoms with Crippen molar-refractivity contribution >= 4 is 11.6 Å². The van der Waals surface area contributed by atoms with Crippen molar-refractivity contribution in [1.29, 1.82) is 0 Å². The van der Waals surface area contributed by atoms with Gasteiger partial charge in [-0.3, -0.25) is 0 Å². The molecule has 0 amide bonds. The summed E-state index contributed by atoms with van der Waals surface area (Å²) in [5, 5.41) is 4.45. The molecule has 0 saturated carbocycles. The van der Waals surface area contributed by atoms with Gasteiger partial charge in [0.25, 0.3) is 0 Å². The van der Waals surface area contributed by atoms with E-state index in [1.165, 1.54) is 0 Å². The predicted octanol–water partition coefficient (Wildman–Crippen LogP) is 1.62. The molecule has 0 aliphatic rings. The van der Waals surface area contributed by atoms with Gasteiger partial charge >= 0.3 is 0 Å². The highest BCUT2D eigenvalue weighted by Gasteiger charge is 1.98. The number of halogens is 1. The quantitative estimate of drug-likeness (QED) is 0.648. The van der Waals surface area contributed by atoms with Crippen molar-refractivity contribution in [2.75, 3.05) is 0 Å². The van der Waals surface area contributed by atoms with E-state index in [1.807, 2.05) is 19.2 Å². The summed E-state index contributed by atoms with van der Waals surface area (Å²) in [7, 11) is 0. The Morgan fingerprint density at radius 2 is 2.00 bits per heavy atom. The third-order valence-corrected chi connectivity index (χ3v) is 1.79. The monoisotopic (exact) mass is 194 g/mol. The number of aryl methyl sites for hydroxylation is 1. The van der Waals surface area contributed by atoms with Gasteiger partial charge in [-0.05, 0) is 24.6 Å². The second kappa shape index (κ2) is 3.14. The van der Waals surface area contributed by atoms with Crippen molar-refractivity contribution in [2.24, 2.45) is 0 Å². The Kier molecular flexibility index (Phi) is 1.98. The lowest BCUT2D eigenvalue weighted by molar-refractivity contribution is 0.848. The van der Waals surface area contributed by atoms with Gasteiger partial charge in [-0.25, -0.2) is 14.6 Å². The molecule has 5 heteroatoms. The van der Waals surface area contributed by atoms with Gasteiger partial charge in [0.05, 0.1) is 18.1 Å². The average Bonchev–Trinajstić information content (AvgIpc) is 2.53. The molecule has 0 aliphatic carbocycles. The third kappa shape index (κ3) is 1.67. The smallest absolute Gasteiger partial charge is 0.222 e. The van der Waals surface area contributed by atoms with Crippen LogP contribution in [0.15, 0.2) is 24.7 Å². The Labute approximate surface area is 80.2 Å². The third-order valence-electron chi connectivity index (χ3n) is 1.59. The normalized spacial score (nSPS) is 10.3. The Morgan fingerprint density at radius 3 is 2.54 bits per heavy atom. The van der Waals surface area contributed by atoms with Gasteiger partial charge < -0.3 is 0 Å². The molecule has 0 fully saturated rings. The molecule has 0 spiro atoms. The highest BCUT2D eigenvalue weighted by Crippen LogP contribution is 2.06. The van der Waals surface area contributed by atoms with E-state index in [2.05, 4.69) is 15.1 Å². The number of nitrogens with zero attached hydrogens (tertiary/aromatic N) is 4. The van der Waals surface area contributed by atoms with Crippen LogP contribution in [-0.4, -0.2) is 19.7 Å². The molecule has 0 radical (unpaired) electrons. The Bertz CT molecular complexity index is 406. The second-order valence-electron chi connectivity index (χ2n) is 2.61. The van der Waals surface area contributed by atoms with E-state index < -0.39 is 0 Å². The van der Waals surface area contributed by atoms with Gasteiger partial charge in [-0.2, -0.15) is 5.10 Å². The summed E-state index contributed by atoms with van der Waals surface area (Å²) in [4.78, 5) is 7.72. The molecule has 0 bridgehead atoms. The van der Waals surface area contributed by atoms with Crippen molar-refractivity contribution in [2.45, 2.75) is 6.92 Å². The number of hydrogen-bond donors (Lipinski definition) is 0. The van der Waals surface area contributed by atoms with E-state index in [1.54, 1.807) is 17.1 Å². The molecule has 0 aromatic carbocycles. The molecule has 4 nitrogen and oxygen atoms in total. The second-order valence-corrected chi connectivity index (χ2v) is 2.95. The van der Waals surface area contributed by atoms with Crippen molar-refractivity contribution in [3.8, 4) is 5.69 Å². The van der Waals surface area contributed by atoms with E-state index in [4.69, 9.17) is 11.6 Å². The summed E-state index contributed by atoms with van der Waals surface area (Å²) < 4.78 is 1.70. The zero-order valence-corrected chi connectivity index (χ0v) is 7.73. The summed E-state index contributed by atoms with van der Waals surface area (Å²) in [5.41, 5.74) is 1.76. The zero-order valence-electron chi connectivity index (χ0n) is 6.98. The van der Waals surface area contributed by atoms with Crippen LogP contribution in [0.4, 0.5) is 0 Å². The minimum atomic E-state index is 0.243. The van der Waals surface area contributed by atoms with E-state index in [0.717, 1.165) is 11.4 Å². The summed E-state index contributed by atoms with van der Waals surface area (Å²) in [6.45, 7) is 1.92. The van der Waals surface area contributed by atoms with Crippen molar-refractivity contribution in [1.82, 2.24) is 19.7 Å². The van der Waals surface area contributed by atoms with Crippen LogP contribution in [0.5, 0.6) is 0 Å². The van der Waals surface area contributed by atoms with Crippen LogP contribution < -0.4 is 0 Å². The summed E-state index contributed by atoms with van der Waals surface area (Å²) >= 11 is 5.55. The summed E-state index contributed by atoms with van der Waals surface area (Å²) in [6, 6.07) is 1.91. The first kappa shape index (κ1) is 8.19. The minimum absolute atomic E-state index is 0.243. The molecule has 2 heterocycles. The molecule has 2 aromatic rings. The predicted molar refractivity (Wildman–Crippen MR) is 48.9 cm³/mol. The van der Waals surface area contributed by atoms with E-state index in [-0.39, 0.29) is 5.28 Å². The maximum atomic E-state index is 5.55. The van der Waals surface area contributed by atoms with Crippen LogP contribution in [0, 0.1) is 6.92 Å². The molecule has 2 aromatic heterocycles. The molecule has 0 saturated heterocycles. The number of aromatic nitrogens is 4. The maximum absolute atomic E-state index is 5.55. The van der Waals surface area contributed by atoms with Crippen LogP contribution >= 0.6 is 11.6 Å². The molecule has 0 atom stereocenters. The topological polar surface area (TPSA) is 43.6 Å². The highest BCUT2D eigenvalue weighted by atomic mass is 35.5. The standard InChI is InChI=1S/C8H7ClN4/c1-6-2-3-13(12-6)7-4-10-8(9)11-5-7/h2-5H,1H3. The first-order valence-corrected chi connectivity index (χ1v) is 4.14. The van der Waals surface area contributed by atoms with Crippen LogP contribution in [0.2, 0.25) is 5.28 Å². The Balaban J connectivity index is 2.41. The first-order valence-electron chi connectivity index (χ1n) is 3.76. The molecule has 0 N–H and O–H groups in total. The SMILES string of the molecule is Cc1ccn(-c2cnc(Cl)nc2)n1. The first-order chi connectivity index (χ1) is 6.25. The van der Waals surface area contributed by atoms with Gasteiger partial charge in [0, 0.05) is 6.20 Å². The van der Waals surface area contributed by atoms with Crippen LogP contribution in [-0.2, 0) is 0 Å². The van der Waals surface area contributed by atoms with Gasteiger partial charge in [-0.15, -0.1) is 0 Å². The number of rotatable bonds is 1. The fourth-order valence-electron chi connectivity index (χ4n) is 0.983. The van der Waals surface area contributed by atoms with Crippen LogP contribution in [0.25, 0.3) is 5.69 Å². The number of hydrogen-bond acceptors (Lipinski definition) is 3. The molecule has 13 heavy (non-hydrogen) atoms. The maximum Gasteiger partial charge on any atom is 0.222 e. The zero-order chi connectivity index (χ0) is 9.26. The molecule has 0 aliphatic heterocycles. The van der Waals surface area contributed by atoms with Gasteiger partial charge in [-0.1, -0.05) is 0 Å². The summed E-state index contributed by atoms with van der Waals surface area (Å²) in [6.07, 6.45) is 5.10. The molecule has 0 unspecified atom stereocenters. The molecule has 66 valence electrons. The Morgan fingerprint density at radius 1 is 1.31 bits per heavy atom. The lowest BCUT2D eigenvalue weighted by Crippen LogP contribution is -1.96. The van der Waals surface area contributed by atoms with Crippen molar-refractivity contribution < 1.29 is 0 Å². The van der Waals surface area contributed by atoms with Gasteiger partial charge in [0.1, 0.15) is 5.69 Å². The summed E-state index contributed by atoms with van der Waals surface area (Å²) in [5.74, 6) is 0. The largest absolute Gasteiger partial charge is 0.238 e. The van der Waals surface area contributed by atoms with Gasteiger partial charge in [0.2, 0.25) is 5.28 Å². The molecular weight excluding hydrogens is 188 g/mol. The van der Waals surface area contributed by atoms with Crippen LogP contribution in [0.1, 0.15) is 5.69 Å². The average molecular weight is 195 g/mol. The van der Waals surface area contributed by atoms with Crippen molar-refractivity contribution in [3.05, 3.63) is 35.6 Å². The highest BCUT2D eigenvalue weighted by molar-refractivity contribution is 6.28. The fourth-order valence-corrected chi connectivity index (χ4v) is 1.08. The lowest BCUT2D eigenvalue weighted by atomic mass is 10.5. The van der Waals surface area contributed by atoms with Gasteiger partial charge in [0.15, 0.2) is 0 Å².